The lowest BCUT2D eigenvalue weighted by Gasteiger charge is -2.42. The van der Waals surface area contributed by atoms with Gasteiger partial charge in [-0.25, -0.2) is 9.59 Å². The predicted molar refractivity (Wildman–Crippen MR) is 97.1 cm³/mol. The standard InChI is InChI=1S/C22H14N2O4/c1-27-21(25)19-17-13-7-3-6-12(10-24)16(13)18(20(19)22(26)28-2)14-8-4-5-11(9-23)15(14)17/h3-8,17-18H,1-2H3/t17-,18-/m1/s1. The number of hydrogen-bond donors (Lipinski definition) is 0. The Labute approximate surface area is 161 Å². The van der Waals surface area contributed by atoms with Crippen LogP contribution in [0.4, 0.5) is 0 Å². The normalized spacial score (nSPS) is 18.4. The van der Waals surface area contributed by atoms with Gasteiger partial charge in [-0.2, -0.15) is 10.5 Å². The Morgan fingerprint density at radius 3 is 1.50 bits per heavy atom. The number of benzene rings is 2. The highest BCUT2D eigenvalue weighted by Crippen LogP contribution is 2.57. The molecule has 0 N–H and O–H groups in total. The largest absolute Gasteiger partial charge is 0.466 e. The highest BCUT2D eigenvalue weighted by molar-refractivity contribution is 6.06. The van der Waals surface area contributed by atoms with E-state index in [0.29, 0.717) is 22.3 Å². The van der Waals surface area contributed by atoms with Crippen molar-refractivity contribution >= 4 is 11.9 Å². The van der Waals surface area contributed by atoms with Crippen molar-refractivity contribution in [1.29, 1.82) is 10.5 Å². The molecule has 0 fully saturated rings. The van der Waals surface area contributed by atoms with Crippen molar-refractivity contribution in [1.82, 2.24) is 0 Å². The minimum Gasteiger partial charge on any atom is -0.466 e. The van der Waals surface area contributed by atoms with Crippen molar-refractivity contribution < 1.29 is 19.1 Å². The second-order valence-corrected chi connectivity index (χ2v) is 6.52. The summed E-state index contributed by atoms with van der Waals surface area (Å²) < 4.78 is 9.95. The molecular weight excluding hydrogens is 356 g/mol. The van der Waals surface area contributed by atoms with Gasteiger partial charge in [0.1, 0.15) is 0 Å². The number of rotatable bonds is 2. The van der Waals surface area contributed by atoms with Crippen LogP contribution in [0.2, 0.25) is 0 Å². The summed E-state index contributed by atoms with van der Waals surface area (Å²) in [5, 5.41) is 19.3. The monoisotopic (exact) mass is 370 g/mol. The van der Waals surface area contributed by atoms with Gasteiger partial charge < -0.3 is 9.47 Å². The third kappa shape index (κ3) is 2.12. The number of hydrogen-bond acceptors (Lipinski definition) is 6. The van der Waals surface area contributed by atoms with Crippen molar-refractivity contribution in [3.8, 4) is 12.1 Å². The van der Waals surface area contributed by atoms with Crippen LogP contribution in [0.25, 0.3) is 0 Å². The van der Waals surface area contributed by atoms with Crippen LogP contribution in [-0.2, 0) is 19.1 Å². The molecule has 6 nitrogen and oxygen atoms in total. The molecule has 3 aliphatic carbocycles. The molecule has 0 spiro atoms. The van der Waals surface area contributed by atoms with Crippen molar-refractivity contribution in [2.75, 3.05) is 14.2 Å². The van der Waals surface area contributed by atoms with Gasteiger partial charge in [0.25, 0.3) is 0 Å². The van der Waals surface area contributed by atoms with Gasteiger partial charge in [0.15, 0.2) is 0 Å². The van der Waals surface area contributed by atoms with Gasteiger partial charge in [0, 0.05) is 11.8 Å². The maximum atomic E-state index is 12.7. The smallest absolute Gasteiger partial charge is 0.335 e. The summed E-state index contributed by atoms with van der Waals surface area (Å²) in [7, 11) is 2.49. The SMILES string of the molecule is COC(=O)C1=C(C(=O)OC)[C@@H]2c3cccc(C#N)c3[C@H]1c1cccc(C#N)c12. The van der Waals surface area contributed by atoms with E-state index >= 15 is 0 Å². The molecule has 6 heteroatoms. The topological polar surface area (TPSA) is 100 Å². The van der Waals surface area contributed by atoms with E-state index in [1.54, 1.807) is 24.3 Å². The third-order valence-corrected chi connectivity index (χ3v) is 5.40. The molecule has 2 bridgehead atoms. The first-order valence-corrected chi connectivity index (χ1v) is 8.55. The first kappa shape index (κ1) is 17.5. The Morgan fingerprint density at radius 2 is 1.18 bits per heavy atom. The highest BCUT2D eigenvalue weighted by atomic mass is 16.5. The van der Waals surface area contributed by atoms with Crippen LogP contribution >= 0.6 is 0 Å². The van der Waals surface area contributed by atoms with E-state index < -0.39 is 23.8 Å². The molecule has 0 amide bonds. The third-order valence-electron chi connectivity index (χ3n) is 5.40. The van der Waals surface area contributed by atoms with Crippen LogP contribution < -0.4 is 0 Å². The van der Waals surface area contributed by atoms with Crippen LogP contribution in [0, 0.1) is 22.7 Å². The number of esters is 2. The molecule has 3 aliphatic rings. The first-order valence-electron chi connectivity index (χ1n) is 8.55. The second kappa shape index (κ2) is 6.37. The first-order chi connectivity index (χ1) is 13.6. The lowest BCUT2D eigenvalue weighted by atomic mass is 9.59. The molecule has 0 radical (unpaired) electrons. The van der Waals surface area contributed by atoms with E-state index in [2.05, 4.69) is 12.1 Å². The van der Waals surface area contributed by atoms with E-state index in [9.17, 15) is 20.1 Å². The molecule has 2 aromatic rings. The van der Waals surface area contributed by atoms with Gasteiger partial charge >= 0.3 is 11.9 Å². The Hall–Kier alpha value is -3.90. The van der Waals surface area contributed by atoms with Gasteiger partial charge in [0.05, 0.1) is 48.6 Å². The molecule has 0 heterocycles. The van der Waals surface area contributed by atoms with Crippen LogP contribution in [0.3, 0.4) is 0 Å². The zero-order chi connectivity index (χ0) is 20.0. The van der Waals surface area contributed by atoms with E-state index in [4.69, 9.17) is 9.47 Å². The molecule has 0 saturated carbocycles. The fraction of sp³-hybridized carbons (Fsp3) is 0.182. The van der Waals surface area contributed by atoms with Gasteiger partial charge in [-0.1, -0.05) is 24.3 Å². The maximum Gasteiger partial charge on any atom is 0.335 e. The molecule has 0 unspecified atom stereocenters. The van der Waals surface area contributed by atoms with E-state index in [0.717, 1.165) is 11.1 Å². The lowest BCUT2D eigenvalue weighted by molar-refractivity contribution is -0.140. The van der Waals surface area contributed by atoms with Gasteiger partial charge in [-0.15, -0.1) is 0 Å². The lowest BCUT2D eigenvalue weighted by Crippen LogP contribution is -2.36. The van der Waals surface area contributed by atoms with Crippen molar-refractivity contribution in [2.45, 2.75) is 11.8 Å². The summed E-state index contributed by atoms with van der Waals surface area (Å²) >= 11 is 0. The summed E-state index contributed by atoms with van der Waals surface area (Å²) in [5.74, 6) is -2.66. The minimum absolute atomic E-state index is 0.164. The summed E-state index contributed by atoms with van der Waals surface area (Å²) in [6.07, 6.45) is 0. The summed E-state index contributed by atoms with van der Waals surface area (Å²) in [4.78, 5) is 25.5. The molecule has 0 aliphatic heterocycles. The van der Waals surface area contributed by atoms with E-state index in [1.165, 1.54) is 14.2 Å². The second-order valence-electron chi connectivity index (χ2n) is 6.52. The maximum absolute atomic E-state index is 12.7. The summed E-state index contributed by atoms with van der Waals surface area (Å²) in [5.41, 5.74) is 3.97. The summed E-state index contributed by atoms with van der Waals surface area (Å²) in [6.45, 7) is 0. The fourth-order valence-corrected chi connectivity index (χ4v) is 4.41. The van der Waals surface area contributed by atoms with Gasteiger partial charge in [-0.05, 0) is 34.4 Å². The predicted octanol–water partition coefficient (Wildman–Crippen LogP) is 2.66. The molecule has 136 valence electrons. The van der Waals surface area contributed by atoms with E-state index in [-0.39, 0.29) is 11.1 Å². The minimum atomic E-state index is -0.680. The van der Waals surface area contributed by atoms with Crippen molar-refractivity contribution in [3.63, 3.8) is 0 Å². The number of ether oxygens (including phenoxy) is 2. The molecule has 0 saturated heterocycles. The van der Waals surface area contributed by atoms with Crippen LogP contribution in [0.15, 0.2) is 47.5 Å². The number of nitriles is 2. The quantitative estimate of drug-likeness (QED) is 0.754. The molecular formula is C22H14N2O4. The average Bonchev–Trinajstić information content (AvgIpc) is 2.76. The number of methoxy groups -OCH3 is 2. The fourth-order valence-electron chi connectivity index (χ4n) is 4.41. The van der Waals surface area contributed by atoms with Crippen LogP contribution in [-0.4, -0.2) is 26.2 Å². The number of nitrogens with zero attached hydrogens (tertiary/aromatic N) is 2. The molecule has 5 rings (SSSR count). The average molecular weight is 370 g/mol. The zero-order valence-electron chi connectivity index (χ0n) is 15.1. The summed E-state index contributed by atoms with van der Waals surface area (Å²) in [6, 6.07) is 14.8. The van der Waals surface area contributed by atoms with E-state index in [1.807, 2.05) is 12.1 Å². The number of carbonyl (C=O) groups is 2. The Morgan fingerprint density at radius 1 is 0.786 bits per heavy atom. The van der Waals surface area contributed by atoms with Gasteiger partial charge in [-0.3, -0.25) is 0 Å². The highest BCUT2D eigenvalue weighted by Gasteiger charge is 2.50. The Kier molecular flexibility index (Phi) is 3.98. The van der Waals surface area contributed by atoms with Crippen molar-refractivity contribution in [2.24, 2.45) is 0 Å². The van der Waals surface area contributed by atoms with Crippen LogP contribution in [0.1, 0.15) is 45.2 Å². The molecule has 2 atom stereocenters. The molecule has 28 heavy (non-hydrogen) atoms. The Bertz CT molecular complexity index is 1070. The molecule has 2 aromatic carbocycles. The zero-order valence-corrected chi connectivity index (χ0v) is 15.1. The van der Waals surface area contributed by atoms with Gasteiger partial charge in [0.2, 0.25) is 0 Å². The van der Waals surface area contributed by atoms with Crippen molar-refractivity contribution in [3.05, 3.63) is 80.9 Å². The molecule has 0 aromatic heterocycles. The Balaban J connectivity index is 2.18. The van der Waals surface area contributed by atoms with Crippen LogP contribution in [0.5, 0.6) is 0 Å². The number of carbonyl (C=O) groups excluding carboxylic acids is 2.